The molecule has 4 rings (SSSR count). The average Bonchev–Trinajstić information content (AvgIpc) is 2.87. The minimum Gasteiger partial charge on any atom is -0.384 e. The highest BCUT2D eigenvalue weighted by atomic mass is 32.2. The van der Waals surface area contributed by atoms with Gasteiger partial charge in [0.05, 0.1) is 22.5 Å². The van der Waals surface area contributed by atoms with Crippen LogP contribution in [0.2, 0.25) is 0 Å². The van der Waals surface area contributed by atoms with Gasteiger partial charge in [0.25, 0.3) is 5.56 Å². The Morgan fingerprint density at radius 3 is 1.74 bits per heavy atom. The predicted molar refractivity (Wildman–Crippen MR) is 136 cm³/mol. The Bertz CT molecular complexity index is 1470. The summed E-state index contributed by atoms with van der Waals surface area (Å²) in [5.41, 5.74) is 4.95. The molecule has 38 heavy (non-hydrogen) atoms. The summed E-state index contributed by atoms with van der Waals surface area (Å²) in [5.74, 6) is 0.228. The Labute approximate surface area is 221 Å². The lowest BCUT2D eigenvalue weighted by atomic mass is 10.1. The number of benzene rings is 2. The van der Waals surface area contributed by atoms with Crippen molar-refractivity contribution in [2.45, 2.75) is 22.7 Å². The van der Waals surface area contributed by atoms with E-state index in [0.717, 1.165) is 24.3 Å². The van der Waals surface area contributed by atoms with Crippen LogP contribution in [-0.2, 0) is 12.4 Å². The SMILES string of the molecule is CSc1nc(-c2cccc(C(F)(F)F)c2)cc(=O)[nH]1.CSc1nc(N)cc(-c2cccc(C(F)(F)F)c2)n1. The molecule has 0 saturated heterocycles. The smallest absolute Gasteiger partial charge is 0.384 e. The average molecular weight is 572 g/mol. The van der Waals surface area contributed by atoms with Gasteiger partial charge >= 0.3 is 12.4 Å². The predicted octanol–water partition coefficient (Wildman–Crippen LogP) is 6.64. The zero-order valence-corrected chi connectivity index (χ0v) is 21.3. The van der Waals surface area contributed by atoms with Crippen molar-refractivity contribution < 1.29 is 26.3 Å². The van der Waals surface area contributed by atoms with Gasteiger partial charge < -0.3 is 10.7 Å². The number of nitrogen functional groups attached to an aromatic ring is 1. The minimum absolute atomic E-state index is 0.221. The Kier molecular flexibility index (Phi) is 9.09. The van der Waals surface area contributed by atoms with Gasteiger partial charge in [-0.05, 0) is 36.8 Å². The topological polar surface area (TPSA) is 97.5 Å². The largest absolute Gasteiger partial charge is 0.416 e. The van der Waals surface area contributed by atoms with Gasteiger partial charge in [-0.2, -0.15) is 26.3 Å². The highest BCUT2D eigenvalue weighted by molar-refractivity contribution is 7.98. The number of hydrogen-bond acceptors (Lipinski definition) is 7. The van der Waals surface area contributed by atoms with Gasteiger partial charge in [-0.25, -0.2) is 15.0 Å². The fraction of sp³-hybridized carbons (Fsp3) is 0.167. The lowest BCUT2D eigenvalue weighted by Gasteiger charge is -2.09. The monoisotopic (exact) mass is 571 g/mol. The van der Waals surface area contributed by atoms with Gasteiger partial charge in [-0.3, -0.25) is 4.79 Å². The molecule has 14 heteroatoms. The number of alkyl halides is 6. The molecule has 0 saturated carbocycles. The molecular formula is C24H19F6N5OS2. The number of anilines is 1. The Hall–Kier alpha value is -3.52. The number of halogens is 6. The molecule has 0 aliphatic rings. The van der Waals surface area contributed by atoms with E-state index in [1.807, 2.05) is 0 Å². The normalized spacial score (nSPS) is 11.6. The molecule has 2 heterocycles. The Morgan fingerprint density at radius 2 is 1.26 bits per heavy atom. The van der Waals surface area contributed by atoms with Crippen LogP contribution >= 0.6 is 23.5 Å². The molecule has 0 unspecified atom stereocenters. The van der Waals surface area contributed by atoms with Gasteiger partial charge in [0, 0.05) is 23.3 Å². The van der Waals surface area contributed by atoms with Crippen LogP contribution in [0.25, 0.3) is 22.5 Å². The van der Waals surface area contributed by atoms with Gasteiger partial charge in [0.1, 0.15) is 5.82 Å². The molecule has 0 atom stereocenters. The summed E-state index contributed by atoms with van der Waals surface area (Å²) in [4.78, 5) is 26.1. The van der Waals surface area contributed by atoms with Crippen LogP contribution in [0.15, 0.2) is 75.8 Å². The molecule has 2 aromatic carbocycles. The van der Waals surface area contributed by atoms with E-state index in [1.165, 1.54) is 53.9 Å². The first-order valence-electron chi connectivity index (χ1n) is 10.5. The second kappa shape index (κ2) is 11.9. The summed E-state index contributed by atoms with van der Waals surface area (Å²) >= 11 is 2.49. The highest BCUT2D eigenvalue weighted by Crippen LogP contribution is 2.33. The zero-order valence-electron chi connectivity index (χ0n) is 19.7. The molecule has 3 N–H and O–H groups in total. The molecule has 4 aromatic rings. The maximum atomic E-state index is 12.6. The van der Waals surface area contributed by atoms with Crippen molar-refractivity contribution in [1.82, 2.24) is 19.9 Å². The first kappa shape index (κ1) is 29.0. The molecular weight excluding hydrogens is 552 g/mol. The molecule has 2 aromatic heterocycles. The number of rotatable bonds is 4. The molecule has 0 radical (unpaired) electrons. The third-order valence-electron chi connectivity index (χ3n) is 4.79. The Morgan fingerprint density at radius 1 is 0.737 bits per heavy atom. The third-order valence-corrected chi connectivity index (χ3v) is 5.92. The number of thioether (sulfide) groups is 2. The summed E-state index contributed by atoms with van der Waals surface area (Å²) in [6.45, 7) is 0. The maximum Gasteiger partial charge on any atom is 0.416 e. The van der Waals surface area contributed by atoms with Crippen molar-refractivity contribution in [2.24, 2.45) is 0 Å². The van der Waals surface area contributed by atoms with Crippen molar-refractivity contribution >= 4 is 29.3 Å². The summed E-state index contributed by atoms with van der Waals surface area (Å²) < 4.78 is 75.8. The first-order chi connectivity index (χ1) is 17.8. The maximum absolute atomic E-state index is 12.6. The van der Waals surface area contributed by atoms with E-state index >= 15 is 0 Å². The number of nitrogens with one attached hydrogen (secondary N) is 1. The number of aromatic nitrogens is 4. The molecule has 6 nitrogen and oxygen atoms in total. The van der Waals surface area contributed by atoms with Crippen LogP contribution in [0, 0.1) is 0 Å². The van der Waals surface area contributed by atoms with Crippen LogP contribution in [0.1, 0.15) is 11.1 Å². The molecule has 200 valence electrons. The molecule has 0 amide bonds. The van der Waals surface area contributed by atoms with Gasteiger partial charge in [0.2, 0.25) is 0 Å². The van der Waals surface area contributed by atoms with Crippen molar-refractivity contribution in [2.75, 3.05) is 18.2 Å². The molecule has 0 spiro atoms. The number of hydrogen-bond donors (Lipinski definition) is 2. The number of nitrogens with two attached hydrogens (primary N) is 1. The standard InChI is InChI=1S/C12H10F3N3S.C12H9F3N2OS/c1-19-11-17-9(6-10(16)18-11)7-3-2-4-8(5-7)12(13,14)15;1-19-11-16-9(6-10(18)17-11)7-3-2-4-8(5-7)12(13,14)15/h2-6H,1H3,(H2,16,17,18);2-6H,1H3,(H,16,17,18). The van der Waals surface area contributed by atoms with E-state index in [9.17, 15) is 31.1 Å². The van der Waals surface area contributed by atoms with Crippen LogP contribution in [0.3, 0.4) is 0 Å². The van der Waals surface area contributed by atoms with E-state index in [4.69, 9.17) is 5.73 Å². The quantitative estimate of drug-likeness (QED) is 0.161. The van der Waals surface area contributed by atoms with Crippen LogP contribution < -0.4 is 11.3 Å². The summed E-state index contributed by atoms with van der Waals surface area (Å²) in [6.07, 6.45) is -5.31. The van der Waals surface area contributed by atoms with Crippen molar-refractivity contribution in [3.05, 3.63) is 82.1 Å². The van der Waals surface area contributed by atoms with Crippen molar-refractivity contribution in [3.8, 4) is 22.5 Å². The zero-order chi connectivity index (χ0) is 28.1. The highest BCUT2D eigenvalue weighted by Gasteiger charge is 2.31. The number of aromatic amines is 1. The van der Waals surface area contributed by atoms with Gasteiger partial charge in [0.15, 0.2) is 10.3 Å². The fourth-order valence-electron chi connectivity index (χ4n) is 3.07. The van der Waals surface area contributed by atoms with Crippen LogP contribution in [-0.4, -0.2) is 32.4 Å². The third kappa shape index (κ3) is 7.74. The number of nitrogens with zero attached hydrogens (tertiary/aromatic N) is 3. The molecule has 0 bridgehead atoms. The second-order valence-corrected chi connectivity index (χ2v) is 9.03. The van der Waals surface area contributed by atoms with Crippen molar-refractivity contribution in [1.29, 1.82) is 0 Å². The van der Waals surface area contributed by atoms with E-state index in [0.29, 0.717) is 21.6 Å². The fourth-order valence-corrected chi connectivity index (χ4v) is 3.85. The summed E-state index contributed by atoms with van der Waals surface area (Å²) in [6, 6.07) is 12.3. The van der Waals surface area contributed by atoms with Crippen LogP contribution in [0.5, 0.6) is 0 Å². The molecule has 0 fully saturated rings. The molecule has 0 aliphatic carbocycles. The minimum atomic E-state index is -4.42. The van der Waals surface area contributed by atoms with Gasteiger partial charge in [-0.15, -0.1) is 0 Å². The van der Waals surface area contributed by atoms with Gasteiger partial charge in [-0.1, -0.05) is 47.8 Å². The summed E-state index contributed by atoms with van der Waals surface area (Å²) in [7, 11) is 0. The van der Waals surface area contributed by atoms with E-state index in [1.54, 1.807) is 18.6 Å². The van der Waals surface area contributed by atoms with E-state index < -0.39 is 29.0 Å². The van der Waals surface area contributed by atoms with Crippen LogP contribution in [0.4, 0.5) is 32.2 Å². The lowest BCUT2D eigenvalue weighted by molar-refractivity contribution is -0.138. The second-order valence-electron chi connectivity index (χ2n) is 7.46. The van der Waals surface area contributed by atoms with E-state index in [-0.39, 0.29) is 17.1 Å². The molecule has 0 aliphatic heterocycles. The Balaban J connectivity index is 0.000000211. The first-order valence-corrected chi connectivity index (χ1v) is 12.9. The lowest BCUT2D eigenvalue weighted by Crippen LogP contribution is -2.08. The van der Waals surface area contributed by atoms with Crippen molar-refractivity contribution in [3.63, 3.8) is 0 Å². The number of H-pyrrole nitrogens is 1. The van der Waals surface area contributed by atoms with E-state index in [2.05, 4.69) is 19.9 Å². The summed E-state index contributed by atoms with van der Waals surface area (Å²) in [5, 5.41) is 0.785.